The van der Waals surface area contributed by atoms with E-state index in [0.29, 0.717) is 23.0 Å². The zero-order chi connectivity index (χ0) is 26.2. The monoisotopic (exact) mass is 502 g/mol. The molecule has 0 aliphatic rings. The molecule has 1 heterocycles. The number of carbonyl (C=O) groups is 1. The van der Waals surface area contributed by atoms with Crippen molar-refractivity contribution in [2.75, 3.05) is 12.4 Å². The number of hydrogen-bond donors (Lipinski definition) is 1. The second kappa shape index (κ2) is 11.8. The fraction of sp³-hybridized carbons (Fsp3) is 0.179. The van der Waals surface area contributed by atoms with Gasteiger partial charge in [0, 0.05) is 12.1 Å². The summed E-state index contributed by atoms with van der Waals surface area (Å²) < 4.78 is 22.4. The highest BCUT2D eigenvalue weighted by Gasteiger charge is 2.17. The lowest BCUT2D eigenvalue weighted by Crippen LogP contribution is -2.11. The van der Waals surface area contributed by atoms with Crippen LogP contribution in [-0.4, -0.2) is 17.9 Å². The summed E-state index contributed by atoms with van der Waals surface area (Å²) in [7, 11) is 1.49. The van der Waals surface area contributed by atoms with Crippen molar-refractivity contribution in [3.05, 3.63) is 106 Å². The van der Waals surface area contributed by atoms with Crippen LogP contribution in [0.5, 0.6) is 23.0 Å². The van der Waals surface area contributed by atoms with Crippen LogP contribution >= 0.6 is 0 Å². The molecule has 0 spiro atoms. The third-order valence-corrected chi connectivity index (χ3v) is 5.39. The lowest BCUT2D eigenvalue weighted by atomic mass is 10.1. The number of ether oxygens (including phenoxy) is 3. The van der Waals surface area contributed by atoms with Crippen LogP contribution in [0.3, 0.4) is 0 Å². The number of nitrogens with one attached hydrogen (secondary N) is 1. The first kappa shape index (κ1) is 25.3. The summed E-state index contributed by atoms with van der Waals surface area (Å²) >= 11 is 0. The number of anilines is 1. The molecule has 0 saturated heterocycles. The molecule has 0 bridgehead atoms. The van der Waals surface area contributed by atoms with Gasteiger partial charge in [-0.15, -0.1) is 0 Å². The first-order valence-electron chi connectivity index (χ1n) is 11.7. The fourth-order valence-electron chi connectivity index (χ4n) is 3.62. The van der Waals surface area contributed by atoms with Crippen LogP contribution in [-0.2, 0) is 13.0 Å². The Bertz CT molecular complexity index is 1380. The summed E-state index contributed by atoms with van der Waals surface area (Å²) in [6.45, 7) is 2.27. The van der Waals surface area contributed by atoms with Gasteiger partial charge < -0.3 is 23.9 Å². The van der Waals surface area contributed by atoms with Crippen molar-refractivity contribution in [2.45, 2.75) is 26.4 Å². The van der Waals surface area contributed by atoms with Gasteiger partial charge in [0.05, 0.1) is 23.8 Å². The number of hydrogen-bond acceptors (Lipinski definition) is 7. The SMILES string of the molecule is CCCc1ccc(OCc2ccc(C(=O)Nc3cc(Oc4ccccc4OC)cc([N+](=O)[O-])c3)o2)cc1. The first-order chi connectivity index (χ1) is 17.9. The van der Waals surface area contributed by atoms with E-state index in [1.807, 2.05) is 24.3 Å². The van der Waals surface area contributed by atoms with E-state index in [9.17, 15) is 14.9 Å². The number of aryl methyl sites for hydroxylation is 1. The number of amides is 1. The summed E-state index contributed by atoms with van der Waals surface area (Å²) in [6, 6.07) is 21.9. The van der Waals surface area contributed by atoms with Crippen LogP contribution in [0.15, 0.2) is 83.3 Å². The number of furan rings is 1. The third-order valence-electron chi connectivity index (χ3n) is 5.39. The maximum absolute atomic E-state index is 12.8. The van der Waals surface area contributed by atoms with E-state index in [1.165, 1.54) is 36.9 Å². The Morgan fingerprint density at radius 2 is 1.73 bits per heavy atom. The minimum Gasteiger partial charge on any atom is -0.493 e. The molecule has 0 unspecified atom stereocenters. The highest BCUT2D eigenvalue weighted by Crippen LogP contribution is 2.34. The number of carbonyl (C=O) groups excluding carboxylic acids is 1. The van der Waals surface area contributed by atoms with E-state index in [1.54, 1.807) is 30.3 Å². The molecule has 0 radical (unpaired) electrons. The highest BCUT2D eigenvalue weighted by atomic mass is 16.6. The summed E-state index contributed by atoms with van der Waals surface area (Å²) in [5.41, 5.74) is 1.16. The average molecular weight is 503 g/mol. The molecule has 3 aromatic carbocycles. The molecule has 0 aliphatic heterocycles. The lowest BCUT2D eigenvalue weighted by molar-refractivity contribution is -0.384. The molecule has 0 atom stereocenters. The number of non-ortho nitro benzene ring substituents is 1. The van der Waals surface area contributed by atoms with Crippen molar-refractivity contribution in [3.63, 3.8) is 0 Å². The fourth-order valence-corrected chi connectivity index (χ4v) is 3.62. The quantitative estimate of drug-likeness (QED) is 0.178. The van der Waals surface area contributed by atoms with Gasteiger partial charge in [0.2, 0.25) is 0 Å². The van der Waals surface area contributed by atoms with Gasteiger partial charge in [0.25, 0.3) is 11.6 Å². The van der Waals surface area contributed by atoms with Crippen molar-refractivity contribution in [2.24, 2.45) is 0 Å². The van der Waals surface area contributed by atoms with Crippen LogP contribution in [0.4, 0.5) is 11.4 Å². The van der Waals surface area contributed by atoms with E-state index in [2.05, 4.69) is 12.2 Å². The van der Waals surface area contributed by atoms with Crippen LogP contribution in [0.2, 0.25) is 0 Å². The summed E-state index contributed by atoms with van der Waals surface area (Å²) in [5, 5.41) is 14.1. The van der Waals surface area contributed by atoms with E-state index in [-0.39, 0.29) is 29.5 Å². The number of rotatable bonds is 11. The summed E-state index contributed by atoms with van der Waals surface area (Å²) in [4.78, 5) is 23.7. The molecule has 4 rings (SSSR count). The molecule has 1 aromatic heterocycles. The number of benzene rings is 3. The van der Waals surface area contributed by atoms with Crippen molar-refractivity contribution in [1.29, 1.82) is 0 Å². The topological polar surface area (TPSA) is 113 Å². The maximum atomic E-state index is 12.8. The minimum atomic E-state index is -0.570. The molecule has 1 N–H and O–H groups in total. The number of para-hydroxylation sites is 2. The van der Waals surface area contributed by atoms with E-state index in [4.69, 9.17) is 18.6 Å². The average Bonchev–Trinajstić information content (AvgIpc) is 3.38. The van der Waals surface area contributed by atoms with Crippen molar-refractivity contribution >= 4 is 17.3 Å². The van der Waals surface area contributed by atoms with Gasteiger partial charge in [-0.25, -0.2) is 0 Å². The molecular weight excluding hydrogens is 476 g/mol. The number of nitro groups is 1. The second-order valence-corrected chi connectivity index (χ2v) is 8.13. The maximum Gasteiger partial charge on any atom is 0.291 e. The van der Waals surface area contributed by atoms with Crippen LogP contribution in [0, 0.1) is 10.1 Å². The van der Waals surface area contributed by atoms with Crippen molar-refractivity contribution in [1.82, 2.24) is 0 Å². The Balaban J connectivity index is 1.44. The van der Waals surface area contributed by atoms with Crippen molar-refractivity contribution < 1.29 is 28.3 Å². The van der Waals surface area contributed by atoms with Crippen LogP contribution in [0.25, 0.3) is 0 Å². The van der Waals surface area contributed by atoms with Crippen LogP contribution < -0.4 is 19.5 Å². The Labute approximate surface area is 213 Å². The van der Waals surface area contributed by atoms with Gasteiger partial charge in [-0.1, -0.05) is 37.6 Å². The van der Waals surface area contributed by atoms with Gasteiger partial charge in [-0.2, -0.15) is 0 Å². The molecule has 1 amide bonds. The third kappa shape index (κ3) is 6.66. The van der Waals surface area contributed by atoms with Gasteiger partial charge >= 0.3 is 0 Å². The van der Waals surface area contributed by atoms with Crippen LogP contribution in [0.1, 0.15) is 35.2 Å². The van der Waals surface area contributed by atoms with Gasteiger partial charge in [0.1, 0.15) is 23.9 Å². The van der Waals surface area contributed by atoms with Gasteiger partial charge in [-0.3, -0.25) is 14.9 Å². The molecule has 190 valence electrons. The number of nitrogens with zero attached hydrogens (tertiary/aromatic N) is 1. The normalized spacial score (nSPS) is 10.5. The highest BCUT2D eigenvalue weighted by molar-refractivity contribution is 6.02. The van der Waals surface area contributed by atoms with E-state index in [0.717, 1.165) is 12.8 Å². The Morgan fingerprint density at radius 3 is 2.43 bits per heavy atom. The van der Waals surface area contributed by atoms with E-state index < -0.39 is 10.8 Å². The predicted molar refractivity (Wildman–Crippen MR) is 138 cm³/mol. The minimum absolute atomic E-state index is 0.0376. The van der Waals surface area contributed by atoms with Gasteiger partial charge in [0.15, 0.2) is 17.3 Å². The summed E-state index contributed by atoms with van der Waals surface area (Å²) in [5.74, 6) is 1.62. The molecule has 0 aliphatic carbocycles. The van der Waals surface area contributed by atoms with E-state index >= 15 is 0 Å². The van der Waals surface area contributed by atoms with Crippen molar-refractivity contribution in [3.8, 4) is 23.0 Å². The Morgan fingerprint density at radius 1 is 0.973 bits per heavy atom. The zero-order valence-electron chi connectivity index (χ0n) is 20.4. The Hall–Kier alpha value is -4.79. The standard InChI is InChI=1S/C28H26N2O7/c1-3-6-19-9-11-22(12-10-19)35-18-23-13-14-27(36-23)28(31)29-20-15-21(30(32)33)17-24(16-20)37-26-8-5-4-7-25(26)34-2/h4-5,7-17H,3,6,18H2,1-2H3,(H,29,31). The smallest absolute Gasteiger partial charge is 0.291 e. The molecule has 9 nitrogen and oxygen atoms in total. The molecule has 0 fully saturated rings. The summed E-state index contributed by atoms with van der Waals surface area (Å²) in [6.07, 6.45) is 2.08. The lowest BCUT2D eigenvalue weighted by Gasteiger charge is -2.11. The largest absolute Gasteiger partial charge is 0.493 e. The first-order valence-corrected chi connectivity index (χ1v) is 11.7. The number of methoxy groups -OCH3 is 1. The zero-order valence-corrected chi connectivity index (χ0v) is 20.4. The second-order valence-electron chi connectivity index (χ2n) is 8.13. The molecule has 9 heteroatoms. The Kier molecular flexibility index (Phi) is 8.05. The molecule has 0 saturated carbocycles. The predicted octanol–water partition coefficient (Wildman–Crippen LogP) is 6.77. The molecule has 4 aromatic rings. The van der Waals surface area contributed by atoms with Gasteiger partial charge in [-0.05, 0) is 48.4 Å². The molecular formula is C28H26N2O7. The number of nitro benzene ring substituents is 1. The molecule has 37 heavy (non-hydrogen) atoms.